The molecule has 2 fully saturated rings. The number of nitrogens with zero attached hydrogens (tertiary/aromatic N) is 1. The summed E-state index contributed by atoms with van der Waals surface area (Å²) in [5, 5.41) is 3.20. The van der Waals surface area contributed by atoms with Crippen molar-refractivity contribution < 1.29 is 9.59 Å². The second-order valence-electron chi connectivity index (χ2n) is 9.11. The number of carbonyl (C=O) groups is 2. The van der Waals surface area contributed by atoms with Crippen LogP contribution in [0.15, 0.2) is 24.3 Å². The largest absolute Gasteiger partial charge is 0.352 e. The zero-order valence-electron chi connectivity index (χ0n) is 17.6. The van der Waals surface area contributed by atoms with Crippen LogP contribution in [0, 0.1) is 11.8 Å². The highest BCUT2D eigenvalue weighted by Crippen LogP contribution is 2.23. The van der Waals surface area contributed by atoms with Crippen molar-refractivity contribution in [3.05, 3.63) is 35.4 Å². The average molecular weight is 385 g/mol. The first-order valence-electron chi connectivity index (χ1n) is 11.2. The maximum atomic E-state index is 12.8. The Hall–Kier alpha value is -1.68. The topological polar surface area (TPSA) is 49.4 Å². The van der Waals surface area contributed by atoms with E-state index in [4.69, 9.17) is 0 Å². The van der Waals surface area contributed by atoms with Gasteiger partial charge in [-0.05, 0) is 56.7 Å². The van der Waals surface area contributed by atoms with Gasteiger partial charge in [0.2, 0.25) is 5.91 Å². The van der Waals surface area contributed by atoms with Gasteiger partial charge in [0.15, 0.2) is 5.78 Å². The maximum Gasteiger partial charge on any atom is 0.234 e. The summed E-state index contributed by atoms with van der Waals surface area (Å²) in [5.41, 5.74) is 2.13. The number of hydrogen-bond donors (Lipinski definition) is 1. The quantitative estimate of drug-likeness (QED) is 0.716. The van der Waals surface area contributed by atoms with Crippen molar-refractivity contribution in [1.29, 1.82) is 0 Å². The summed E-state index contributed by atoms with van der Waals surface area (Å²) in [6, 6.07) is 8.54. The molecule has 1 aliphatic carbocycles. The van der Waals surface area contributed by atoms with E-state index in [9.17, 15) is 9.59 Å². The standard InChI is InChI=1S/C24H36N2O2/c1-18(2)16-19-8-10-20(11-9-19)24(28)21-12-14-26(15-13-21)17-23(27)25-22-6-4-3-5-7-22/h8-11,18,21-22H,3-7,12-17H2,1-2H3,(H,25,27). The van der Waals surface area contributed by atoms with Gasteiger partial charge in [-0.1, -0.05) is 57.4 Å². The fourth-order valence-corrected chi connectivity index (χ4v) is 4.59. The van der Waals surface area contributed by atoms with Crippen molar-refractivity contribution in [3.8, 4) is 0 Å². The predicted octanol–water partition coefficient (Wildman–Crippen LogP) is 4.23. The maximum absolute atomic E-state index is 12.8. The number of hydrogen-bond acceptors (Lipinski definition) is 3. The number of piperidine rings is 1. The molecule has 0 atom stereocenters. The van der Waals surface area contributed by atoms with Crippen LogP contribution in [-0.2, 0) is 11.2 Å². The van der Waals surface area contributed by atoms with E-state index in [0.717, 1.165) is 50.8 Å². The molecule has 28 heavy (non-hydrogen) atoms. The van der Waals surface area contributed by atoms with Crippen LogP contribution in [-0.4, -0.2) is 42.3 Å². The first kappa shape index (κ1) is 21.0. The van der Waals surface area contributed by atoms with E-state index in [-0.39, 0.29) is 17.6 Å². The summed E-state index contributed by atoms with van der Waals surface area (Å²) in [4.78, 5) is 27.3. The van der Waals surface area contributed by atoms with Crippen LogP contribution in [0.2, 0.25) is 0 Å². The molecule has 1 saturated heterocycles. The Kier molecular flexibility index (Phi) is 7.66. The molecular weight excluding hydrogens is 348 g/mol. The first-order chi connectivity index (χ1) is 13.5. The van der Waals surface area contributed by atoms with E-state index in [1.807, 2.05) is 12.1 Å². The first-order valence-corrected chi connectivity index (χ1v) is 11.2. The lowest BCUT2D eigenvalue weighted by atomic mass is 9.88. The van der Waals surface area contributed by atoms with Gasteiger partial charge >= 0.3 is 0 Å². The molecule has 0 radical (unpaired) electrons. The summed E-state index contributed by atoms with van der Waals surface area (Å²) in [6.07, 6.45) is 8.76. The molecule has 4 heteroatoms. The number of ketones is 1. The van der Waals surface area contributed by atoms with Crippen LogP contribution in [0.5, 0.6) is 0 Å². The molecule has 4 nitrogen and oxygen atoms in total. The van der Waals surface area contributed by atoms with Crippen LogP contribution in [0.25, 0.3) is 0 Å². The van der Waals surface area contributed by atoms with Gasteiger partial charge in [-0.15, -0.1) is 0 Å². The number of nitrogens with one attached hydrogen (secondary N) is 1. The Bertz CT molecular complexity index is 639. The number of rotatable bonds is 7. The molecule has 1 saturated carbocycles. The van der Waals surface area contributed by atoms with Gasteiger partial charge in [-0.25, -0.2) is 0 Å². The molecule has 1 aliphatic heterocycles. The zero-order valence-corrected chi connectivity index (χ0v) is 17.6. The second kappa shape index (κ2) is 10.2. The predicted molar refractivity (Wildman–Crippen MR) is 113 cm³/mol. The minimum absolute atomic E-state index is 0.0913. The number of likely N-dealkylation sites (tertiary alicyclic amines) is 1. The molecule has 1 amide bonds. The molecule has 1 heterocycles. The highest BCUT2D eigenvalue weighted by atomic mass is 16.2. The van der Waals surface area contributed by atoms with E-state index < -0.39 is 0 Å². The van der Waals surface area contributed by atoms with Crippen LogP contribution in [0.3, 0.4) is 0 Å². The Morgan fingerprint density at radius 2 is 1.64 bits per heavy atom. The third-order valence-electron chi connectivity index (χ3n) is 6.18. The van der Waals surface area contributed by atoms with Crippen LogP contribution >= 0.6 is 0 Å². The number of Topliss-reactive ketones (excluding diaryl/α,β-unsaturated/α-hetero) is 1. The summed E-state index contributed by atoms with van der Waals surface area (Å²) >= 11 is 0. The Balaban J connectivity index is 1.42. The van der Waals surface area contributed by atoms with Crippen molar-refractivity contribution in [2.45, 2.75) is 71.3 Å². The third-order valence-corrected chi connectivity index (χ3v) is 6.18. The number of carbonyl (C=O) groups excluding carboxylic acids is 2. The Morgan fingerprint density at radius 3 is 2.25 bits per heavy atom. The summed E-state index contributed by atoms with van der Waals surface area (Å²) in [5.74, 6) is 1.13. The fraction of sp³-hybridized carbons (Fsp3) is 0.667. The van der Waals surface area contributed by atoms with Crippen LogP contribution in [0.4, 0.5) is 0 Å². The molecule has 2 aliphatic rings. The van der Waals surface area contributed by atoms with Crippen molar-refractivity contribution in [3.63, 3.8) is 0 Å². The minimum Gasteiger partial charge on any atom is -0.352 e. The fourth-order valence-electron chi connectivity index (χ4n) is 4.59. The number of amides is 1. The Morgan fingerprint density at radius 1 is 1.00 bits per heavy atom. The Labute approximate surface area is 170 Å². The smallest absolute Gasteiger partial charge is 0.234 e. The lowest BCUT2D eigenvalue weighted by Gasteiger charge is -2.31. The van der Waals surface area contributed by atoms with Gasteiger partial charge in [0, 0.05) is 17.5 Å². The van der Waals surface area contributed by atoms with Crippen LogP contribution in [0.1, 0.15) is 74.7 Å². The molecule has 1 N–H and O–H groups in total. The van der Waals surface area contributed by atoms with Gasteiger partial charge in [0.05, 0.1) is 6.54 Å². The lowest BCUT2D eigenvalue weighted by Crippen LogP contribution is -2.45. The molecule has 154 valence electrons. The summed E-state index contributed by atoms with van der Waals surface area (Å²) in [6.45, 7) is 6.56. The summed E-state index contributed by atoms with van der Waals surface area (Å²) in [7, 11) is 0. The van der Waals surface area contributed by atoms with Crippen molar-refractivity contribution in [2.24, 2.45) is 11.8 Å². The van der Waals surface area contributed by atoms with E-state index in [1.165, 1.54) is 24.8 Å². The van der Waals surface area contributed by atoms with Gasteiger partial charge < -0.3 is 5.32 Å². The van der Waals surface area contributed by atoms with E-state index >= 15 is 0 Å². The van der Waals surface area contributed by atoms with Crippen molar-refractivity contribution in [2.75, 3.05) is 19.6 Å². The average Bonchev–Trinajstić information content (AvgIpc) is 2.69. The van der Waals surface area contributed by atoms with Crippen LogP contribution < -0.4 is 5.32 Å². The normalized spacial score (nSPS) is 19.7. The molecule has 1 aromatic carbocycles. The number of benzene rings is 1. The molecule has 0 aromatic heterocycles. The van der Waals surface area contributed by atoms with Gasteiger partial charge in [-0.3, -0.25) is 14.5 Å². The summed E-state index contributed by atoms with van der Waals surface area (Å²) < 4.78 is 0. The van der Waals surface area contributed by atoms with E-state index in [1.54, 1.807) is 0 Å². The molecule has 1 aromatic rings. The van der Waals surface area contributed by atoms with E-state index in [2.05, 4.69) is 36.2 Å². The van der Waals surface area contributed by atoms with E-state index in [0.29, 0.717) is 18.5 Å². The highest BCUT2D eigenvalue weighted by Gasteiger charge is 2.27. The minimum atomic E-state index is 0.0913. The molecular formula is C24H36N2O2. The third kappa shape index (κ3) is 6.16. The molecule has 0 bridgehead atoms. The molecule has 3 rings (SSSR count). The second-order valence-corrected chi connectivity index (χ2v) is 9.11. The molecule has 0 spiro atoms. The molecule has 0 unspecified atom stereocenters. The van der Waals surface area contributed by atoms with Crippen molar-refractivity contribution >= 4 is 11.7 Å². The van der Waals surface area contributed by atoms with Gasteiger partial charge in [-0.2, -0.15) is 0 Å². The SMILES string of the molecule is CC(C)Cc1ccc(C(=O)C2CCN(CC(=O)NC3CCCCC3)CC2)cc1. The van der Waals surface area contributed by atoms with Crippen molar-refractivity contribution in [1.82, 2.24) is 10.2 Å². The van der Waals surface area contributed by atoms with Gasteiger partial charge in [0.25, 0.3) is 0 Å². The van der Waals surface area contributed by atoms with Gasteiger partial charge in [0.1, 0.15) is 0 Å². The highest BCUT2D eigenvalue weighted by molar-refractivity contribution is 5.98. The zero-order chi connectivity index (χ0) is 19.9. The monoisotopic (exact) mass is 384 g/mol. The lowest BCUT2D eigenvalue weighted by molar-refractivity contribution is -0.123.